The SMILES string of the molecule is C=CC(=O)N1CCCC[C@@H](S(=O)(=O)c2ccc(N3CC(C)(CN4CCC([C@@](CN5CCC5)(c5cccc(F)c5)[C@H]5CCC[C@@H]5NC(=O)OC)CC4)C3)c(F)c2)C1. The van der Waals surface area contributed by atoms with Crippen LogP contribution in [0.25, 0.3) is 0 Å². The zero-order valence-corrected chi connectivity index (χ0v) is 33.9. The van der Waals surface area contributed by atoms with E-state index in [2.05, 4.69) is 34.7 Å². The third kappa shape index (κ3) is 8.23. The zero-order chi connectivity index (χ0) is 39.7. The summed E-state index contributed by atoms with van der Waals surface area (Å²) in [5.41, 5.74) is 1.04. The van der Waals surface area contributed by atoms with E-state index in [9.17, 15) is 18.0 Å². The van der Waals surface area contributed by atoms with Gasteiger partial charge in [0.1, 0.15) is 11.6 Å². The topological polar surface area (TPSA) is 103 Å². The lowest BCUT2D eigenvalue weighted by atomic mass is 9.57. The van der Waals surface area contributed by atoms with Crippen LogP contribution >= 0.6 is 0 Å². The summed E-state index contributed by atoms with van der Waals surface area (Å²) in [7, 11) is -2.45. The minimum absolute atomic E-state index is 0.0452. The second-order valence-corrected chi connectivity index (χ2v) is 19.7. The fraction of sp³-hybridized carbons (Fsp3) is 0.628. The Kier molecular flexibility index (Phi) is 12.1. The number of methoxy groups -OCH3 is 1. The summed E-state index contributed by atoms with van der Waals surface area (Å²) in [5, 5.41) is 2.38. The van der Waals surface area contributed by atoms with Crippen LogP contribution in [0, 0.1) is 28.9 Å². The lowest BCUT2D eigenvalue weighted by Gasteiger charge is -2.55. The molecule has 5 fully saturated rings. The third-order valence-corrected chi connectivity index (χ3v) is 15.8. The molecule has 1 N–H and O–H groups in total. The Balaban J connectivity index is 1.02. The van der Waals surface area contributed by atoms with Gasteiger partial charge in [-0.1, -0.05) is 38.5 Å². The standard InChI is InChI=1S/C43H59F2N5O5S/c1-4-40(51)49-21-6-5-12-35(26-49)56(53,54)34-15-16-39(37(45)25-34)50-28-42(2,29-50)27-48-22-17-31(18-23-48)43(30-47-19-9-20-47,32-10-7-11-33(44)24-32)36-13-8-14-38(36)46-41(52)55-3/h4,7,10-11,15-16,24-25,31,35-36,38H,1,5-6,8-9,12-14,17-23,26-30H2,2-3H3,(H,46,52)/t35-,36+,38+,43+/m1/s1. The summed E-state index contributed by atoms with van der Waals surface area (Å²) in [6.45, 7) is 13.2. The number of rotatable bonds is 12. The predicted molar refractivity (Wildman–Crippen MR) is 213 cm³/mol. The van der Waals surface area contributed by atoms with E-state index in [1.165, 1.54) is 30.2 Å². The van der Waals surface area contributed by atoms with Gasteiger partial charge in [-0.3, -0.25) is 4.79 Å². The normalized spacial score (nSPS) is 26.0. The first kappa shape index (κ1) is 40.6. The van der Waals surface area contributed by atoms with Gasteiger partial charge in [-0.25, -0.2) is 22.0 Å². The quantitative estimate of drug-likeness (QED) is 0.261. The van der Waals surface area contributed by atoms with E-state index in [0.29, 0.717) is 44.1 Å². The average Bonchev–Trinajstić information content (AvgIpc) is 3.46. The molecule has 13 heteroatoms. The summed E-state index contributed by atoms with van der Waals surface area (Å²) in [6, 6.07) is 11.4. The Morgan fingerprint density at radius 2 is 1.71 bits per heavy atom. The number of carbonyl (C=O) groups excluding carboxylic acids is 2. The maximum Gasteiger partial charge on any atom is 0.407 e. The molecule has 4 heterocycles. The Hall–Kier alpha value is -3.55. The van der Waals surface area contributed by atoms with E-state index >= 15 is 8.78 Å². The molecule has 2 amide bonds. The van der Waals surface area contributed by atoms with Gasteiger partial charge in [-0.15, -0.1) is 0 Å². The Morgan fingerprint density at radius 3 is 2.38 bits per heavy atom. The van der Waals surface area contributed by atoms with Gasteiger partial charge in [0.05, 0.1) is 22.9 Å². The van der Waals surface area contributed by atoms with Crippen LogP contribution in [-0.2, 0) is 24.8 Å². The van der Waals surface area contributed by atoms with Crippen LogP contribution in [0.15, 0.2) is 60.0 Å². The van der Waals surface area contributed by atoms with E-state index in [4.69, 9.17) is 4.74 Å². The fourth-order valence-electron chi connectivity index (χ4n) is 10.8. The van der Waals surface area contributed by atoms with Crippen molar-refractivity contribution in [2.45, 2.75) is 86.3 Å². The molecule has 1 saturated carbocycles. The van der Waals surface area contributed by atoms with Crippen molar-refractivity contribution in [1.29, 1.82) is 0 Å². The molecule has 0 spiro atoms. The van der Waals surface area contributed by atoms with Crippen molar-refractivity contribution >= 4 is 27.5 Å². The number of benzene rings is 2. The second kappa shape index (κ2) is 16.7. The molecule has 56 heavy (non-hydrogen) atoms. The lowest BCUT2D eigenvalue weighted by Crippen LogP contribution is -2.62. The highest BCUT2D eigenvalue weighted by Crippen LogP contribution is 2.52. The number of nitrogens with zero attached hydrogens (tertiary/aromatic N) is 4. The van der Waals surface area contributed by atoms with Crippen LogP contribution in [0.5, 0.6) is 0 Å². The number of alkyl carbamates (subject to hydrolysis) is 1. The van der Waals surface area contributed by atoms with E-state index < -0.39 is 27.0 Å². The van der Waals surface area contributed by atoms with Crippen molar-refractivity contribution < 1.29 is 31.5 Å². The van der Waals surface area contributed by atoms with Crippen molar-refractivity contribution in [3.05, 3.63) is 72.3 Å². The largest absolute Gasteiger partial charge is 0.453 e. The molecule has 1 aliphatic carbocycles. The van der Waals surface area contributed by atoms with E-state index in [1.807, 2.05) is 11.0 Å². The Bertz CT molecular complexity index is 1860. The predicted octanol–water partition coefficient (Wildman–Crippen LogP) is 6.01. The summed E-state index contributed by atoms with van der Waals surface area (Å²) in [6.07, 6.45) is 8.53. The Morgan fingerprint density at radius 1 is 0.946 bits per heavy atom. The van der Waals surface area contributed by atoms with Crippen molar-refractivity contribution in [1.82, 2.24) is 20.0 Å². The fourth-order valence-corrected chi connectivity index (χ4v) is 12.6. The molecular formula is C43H59F2N5O5S. The maximum absolute atomic E-state index is 15.7. The average molecular weight is 796 g/mol. The number of amides is 2. The van der Waals surface area contributed by atoms with E-state index in [1.54, 1.807) is 12.1 Å². The van der Waals surface area contributed by atoms with Gasteiger partial charge in [-0.05, 0) is 125 Å². The van der Waals surface area contributed by atoms with Crippen molar-refractivity contribution in [2.24, 2.45) is 17.3 Å². The molecule has 0 bridgehead atoms. The number of piperidine rings is 1. The summed E-state index contributed by atoms with van der Waals surface area (Å²) in [4.78, 5) is 33.3. The van der Waals surface area contributed by atoms with Crippen LogP contribution in [0.2, 0.25) is 0 Å². The number of anilines is 1. The molecule has 2 aromatic rings. The first-order valence-electron chi connectivity index (χ1n) is 20.6. The van der Waals surface area contributed by atoms with Gasteiger partial charge >= 0.3 is 6.09 Å². The molecule has 0 aromatic heterocycles. The molecule has 4 atom stereocenters. The Labute approximate surface area is 331 Å². The highest BCUT2D eigenvalue weighted by molar-refractivity contribution is 7.92. The first-order chi connectivity index (χ1) is 26.8. The van der Waals surface area contributed by atoms with Crippen LogP contribution < -0.4 is 10.2 Å². The van der Waals surface area contributed by atoms with Gasteiger partial charge in [0.2, 0.25) is 5.91 Å². The monoisotopic (exact) mass is 795 g/mol. The second-order valence-electron chi connectivity index (χ2n) is 17.4. The molecule has 0 unspecified atom stereocenters. The van der Waals surface area contributed by atoms with Gasteiger partial charge < -0.3 is 29.7 Å². The van der Waals surface area contributed by atoms with Crippen LogP contribution in [0.1, 0.15) is 70.3 Å². The molecule has 2 aromatic carbocycles. The number of halogens is 2. The van der Waals surface area contributed by atoms with Crippen molar-refractivity contribution in [3.63, 3.8) is 0 Å². The molecule has 306 valence electrons. The first-order valence-corrected chi connectivity index (χ1v) is 22.1. The summed E-state index contributed by atoms with van der Waals surface area (Å²) < 4.78 is 63.1. The molecule has 0 radical (unpaired) electrons. The summed E-state index contributed by atoms with van der Waals surface area (Å²) >= 11 is 0. The molecule has 4 aliphatic heterocycles. The van der Waals surface area contributed by atoms with Gasteiger partial charge in [0.25, 0.3) is 0 Å². The third-order valence-electron chi connectivity index (χ3n) is 13.7. The molecule has 7 rings (SSSR count). The highest BCUT2D eigenvalue weighted by Gasteiger charge is 2.53. The van der Waals surface area contributed by atoms with Crippen LogP contribution in [-0.4, -0.2) is 119 Å². The number of carbonyl (C=O) groups is 2. The van der Waals surface area contributed by atoms with E-state index in [0.717, 1.165) is 95.8 Å². The smallest absolute Gasteiger partial charge is 0.407 e. The lowest BCUT2D eigenvalue weighted by molar-refractivity contribution is -0.125. The van der Waals surface area contributed by atoms with Gasteiger partial charge in [-0.2, -0.15) is 0 Å². The highest BCUT2D eigenvalue weighted by atomic mass is 32.2. The number of sulfone groups is 1. The minimum Gasteiger partial charge on any atom is -0.453 e. The number of hydrogen-bond donors (Lipinski definition) is 1. The molecule has 10 nitrogen and oxygen atoms in total. The van der Waals surface area contributed by atoms with Gasteiger partial charge in [0.15, 0.2) is 9.84 Å². The molecule has 5 aliphatic rings. The summed E-state index contributed by atoms with van der Waals surface area (Å²) in [5.74, 6) is -0.622. The van der Waals surface area contributed by atoms with Crippen LogP contribution in [0.3, 0.4) is 0 Å². The molecular weight excluding hydrogens is 737 g/mol. The molecule has 4 saturated heterocycles. The zero-order valence-electron chi connectivity index (χ0n) is 33.1. The minimum atomic E-state index is -3.85. The van der Waals surface area contributed by atoms with Crippen molar-refractivity contribution in [2.75, 3.05) is 77.5 Å². The van der Waals surface area contributed by atoms with Crippen LogP contribution in [0.4, 0.5) is 19.3 Å². The number of likely N-dealkylation sites (tertiary alicyclic amines) is 3. The number of nitrogens with one attached hydrogen (secondary N) is 1. The number of hydrogen-bond acceptors (Lipinski definition) is 8. The van der Waals surface area contributed by atoms with E-state index in [-0.39, 0.29) is 46.0 Å². The maximum atomic E-state index is 15.7. The number of ether oxygens (including phenoxy) is 1. The van der Waals surface area contributed by atoms with Crippen molar-refractivity contribution in [3.8, 4) is 0 Å². The van der Waals surface area contributed by atoms with Gasteiger partial charge in [0, 0.05) is 56.1 Å².